The van der Waals surface area contributed by atoms with Gasteiger partial charge in [-0.05, 0) is 23.8 Å². The smallest absolute Gasteiger partial charge is 0.315 e. The second kappa shape index (κ2) is 8.67. The van der Waals surface area contributed by atoms with Crippen LogP contribution in [0.5, 0.6) is 17.2 Å². The summed E-state index contributed by atoms with van der Waals surface area (Å²) in [5.41, 5.74) is 1.80. The predicted molar refractivity (Wildman–Crippen MR) is 91.6 cm³/mol. The molecule has 6 heteroatoms. The number of ether oxygens (including phenoxy) is 3. The predicted octanol–water partition coefficient (Wildman–Crippen LogP) is 2.71. The molecule has 0 aliphatic carbocycles. The van der Waals surface area contributed by atoms with Crippen molar-refractivity contribution in [2.45, 2.75) is 13.1 Å². The molecule has 6 nitrogen and oxygen atoms in total. The number of carbonyl (C=O) groups excluding carboxylic acids is 1. The van der Waals surface area contributed by atoms with E-state index >= 15 is 0 Å². The average Bonchev–Trinajstić information content (AvgIpc) is 2.64. The number of carbonyl (C=O) groups is 1. The summed E-state index contributed by atoms with van der Waals surface area (Å²) >= 11 is 0. The molecule has 0 aliphatic heterocycles. The van der Waals surface area contributed by atoms with Crippen LogP contribution in [0.2, 0.25) is 0 Å². The Labute approximate surface area is 141 Å². The number of methoxy groups -OCH3 is 3. The van der Waals surface area contributed by atoms with E-state index in [0.29, 0.717) is 24.6 Å². The van der Waals surface area contributed by atoms with Crippen molar-refractivity contribution in [1.29, 1.82) is 0 Å². The van der Waals surface area contributed by atoms with E-state index in [1.807, 2.05) is 36.4 Å². The summed E-state index contributed by atoms with van der Waals surface area (Å²) in [4.78, 5) is 12.0. The average molecular weight is 330 g/mol. The SMILES string of the molecule is COc1cc(CNC(=O)NCc2ccccc2OC)cc(OC)c1. The largest absolute Gasteiger partial charge is 0.497 e. The van der Waals surface area contributed by atoms with E-state index in [9.17, 15) is 4.79 Å². The van der Waals surface area contributed by atoms with Gasteiger partial charge in [-0.3, -0.25) is 0 Å². The fourth-order valence-corrected chi connectivity index (χ4v) is 2.24. The van der Waals surface area contributed by atoms with E-state index in [1.54, 1.807) is 27.4 Å². The third-order valence-corrected chi connectivity index (χ3v) is 3.50. The van der Waals surface area contributed by atoms with E-state index in [4.69, 9.17) is 14.2 Å². The van der Waals surface area contributed by atoms with Crippen LogP contribution in [-0.2, 0) is 13.1 Å². The molecule has 128 valence electrons. The highest BCUT2D eigenvalue weighted by Crippen LogP contribution is 2.22. The van der Waals surface area contributed by atoms with Crippen molar-refractivity contribution in [3.63, 3.8) is 0 Å². The zero-order valence-electron chi connectivity index (χ0n) is 14.1. The van der Waals surface area contributed by atoms with Crippen molar-refractivity contribution in [2.24, 2.45) is 0 Å². The summed E-state index contributed by atoms with van der Waals surface area (Å²) in [6.45, 7) is 0.753. The summed E-state index contributed by atoms with van der Waals surface area (Å²) in [7, 11) is 4.78. The Hall–Kier alpha value is -2.89. The van der Waals surface area contributed by atoms with Gasteiger partial charge in [0, 0.05) is 24.7 Å². The van der Waals surface area contributed by atoms with Crippen molar-refractivity contribution in [3.05, 3.63) is 53.6 Å². The number of rotatable bonds is 7. The second-order valence-electron chi connectivity index (χ2n) is 5.07. The van der Waals surface area contributed by atoms with Gasteiger partial charge in [-0.2, -0.15) is 0 Å². The van der Waals surface area contributed by atoms with Gasteiger partial charge in [0.2, 0.25) is 0 Å². The maximum absolute atomic E-state index is 12.0. The van der Waals surface area contributed by atoms with Gasteiger partial charge in [-0.1, -0.05) is 18.2 Å². The first-order chi connectivity index (χ1) is 11.7. The molecule has 0 saturated carbocycles. The molecule has 2 aromatic rings. The molecule has 2 N–H and O–H groups in total. The zero-order chi connectivity index (χ0) is 17.4. The zero-order valence-corrected chi connectivity index (χ0v) is 14.1. The molecule has 0 radical (unpaired) electrons. The Morgan fingerprint density at radius 3 is 2.12 bits per heavy atom. The normalized spacial score (nSPS) is 9.96. The van der Waals surface area contributed by atoms with E-state index in [-0.39, 0.29) is 6.03 Å². The molecule has 0 atom stereocenters. The Morgan fingerprint density at radius 1 is 0.875 bits per heavy atom. The van der Waals surface area contributed by atoms with Crippen LogP contribution >= 0.6 is 0 Å². The summed E-state index contributed by atoms with van der Waals surface area (Å²) < 4.78 is 15.7. The lowest BCUT2D eigenvalue weighted by molar-refractivity contribution is 0.240. The van der Waals surface area contributed by atoms with Gasteiger partial charge in [-0.25, -0.2) is 4.79 Å². The Kier molecular flexibility index (Phi) is 6.31. The molecular formula is C18H22N2O4. The van der Waals surface area contributed by atoms with E-state index in [1.165, 1.54) is 0 Å². The number of amides is 2. The second-order valence-corrected chi connectivity index (χ2v) is 5.07. The molecule has 0 unspecified atom stereocenters. The van der Waals surface area contributed by atoms with Gasteiger partial charge < -0.3 is 24.8 Å². The van der Waals surface area contributed by atoms with Crippen molar-refractivity contribution in [1.82, 2.24) is 10.6 Å². The van der Waals surface area contributed by atoms with Crippen LogP contribution in [-0.4, -0.2) is 27.4 Å². The van der Waals surface area contributed by atoms with Crippen molar-refractivity contribution >= 4 is 6.03 Å². The molecule has 0 heterocycles. The van der Waals surface area contributed by atoms with E-state index < -0.39 is 0 Å². The molecule has 24 heavy (non-hydrogen) atoms. The molecule has 0 fully saturated rings. The fraction of sp³-hybridized carbons (Fsp3) is 0.278. The number of para-hydroxylation sites is 1. The van der Waals surface area contributed by atoms with Crippen LogP contribution in [0.25, 0.3) is 0 Å². The first-order valence-corrected chi connectivity index (χ1v) is 7.51. The quantitative estimate of drug-likeness (QED) is 0.819. The molecular weight excluding hydrogens is 308 g/mol. The van der Waals surface area contributed by atoms with Crippen LogP contribution in [0.1, 0.15) is 11.1 Å². The lowest BCUT2D eigenvalue weighted by Crippen LogP contribution is -2.34. The highest BCUT2D eigenvalue weighted by atomic mass is 16.5. The number of urea groups is 1. The third-order valence-electron chi connectivity index (χ3n) is 3.50. The number of hydrogen-bond donors (Lipinski definition) is 2. The number of nitrogens with one attached hydrogen (secondary N) is 2. The first kappa shape index (κ1) is 17.5. The standard InChI is InChI=1S/C18H22N2O4/c1-22-15-8-13(9-16(10-15)23-2)11-19-18(21)20-12-14-6-4-5-7-17(14)24-3/h4-10H,11-12H2,1-3H3,(H2,19,20,21). The Morgan fingerprint density at radius 2 is 1.50 bits per heavy atom. The minimum atomic E-state index is -0.261. The van der Waals surface area contributed by atoms with Gasteiger partial charge in [0.1, 0.15) is 17.2 Å². The lowest BCUT2D eigenvalue weighted by Gasteiger charge is -2.12. The molecule has 2 aromatic carbocycles. The summed E-state index contributed by atoms with van der Waals surface area (Å²) in [5.74, 6) is 2.11. The van der Waals surface area contributed by atoms with Crippen molar-refractivity contribution in [2.75, 3.05) is 21.3 Å². The van der Waals surface area contributed by atoms with Gasteiger partial charge in [-0.15, -0.1) is 0 Å². The van der Waals surface area contributed by atoms with Crippen LogP contribution in [0.4, 0.5) is 4.79 Å². The Balaban J connectivity index is 1.89. The van der Waals surface area contributed by atoms with Crippen molar-refractivity contribution in [3.8, 4) is 17.2 Å². The van der Waals surface area contributed by atoms with Crippen LogP contribution in [0.15, 0.2) is 42.5 Å². The van der Waals surface area contributed by atoms with Crippen LogP contribution < -0.4 is 24.8 Å². The van der Waals surface area contributed by atoms with Crippen LogP contribution in [0.3, 0.4) is 0 Å². The maximum Gasteiger partial charge on any atom is 0.315 e. The minimum absolute atomic E-state index is 0.261. The lowest BCUT2D eigenvalue weighted by atomic mass is 10.2. The highest BCUT2D eigenvalue weighted by molar-refractivity contribution is 5.74. The number of hydrogen-bond acceptors (Lipinski definition) is 4. The Bertz CT molecular complexity index is 666. The molecule has 0 aliphatic rings. The highest BCUT2D eigenvalue weighted by Gasteiger charge is 2.06. The topological polar surface area (TPSA) is 68.8 Å². The van der Waals surface area contributed by atoms with Gasteiger partial charge in [0.25, 0.3) is 0 Å². The molecule has 2 amide bonds. The molecule has 0 bridgehead atoms. The molecule has 2 rings (SSSR count). The first-order valence-electron chi connectivity index (χ1n) is 7.51. The summed E-state index contributed by atoms with van der Waals surface area (Å²) in [6, 6.07) is 12.8. The van der Waals surface area contributed by atoms with Gasteiger partial charge >= 0.3 is 6.03 Å². The third kappa shape index (κ3) is 4.81. The molecule has 0 saturated heterocycles. The van der Waals surface area contributed by atoms with E-state index in [2.05, 4.69) is 10.6 Å². The van der Waals surface area contributed by atoms with Crippen LogP contribution in [0, 0.1) is 0 Å². The van der Waals surface area contributed by atoms with Gasteiger partial charge in [0.05, 0.1) is 21.3 Å². The maximum atomic E-state index is 12.0. The summed E-state index contributed by atoms with van der Waals surface area (Å²) in [6.07, 6.45) is 0. The molecule has 0 spiro atoms. The fourth-order valence-electron chi connectivity index (χ4n) is 2.24. The van der Waals surface area contributed by atoms with E-state index in [0.717, 1.165) is 16.9 Å². The molecule has 0 aromatic heterocycles. The van der Waals surface area contributed by atoms with Crippen molar-refractivity contribution < 1.29 is 19.0 Å². The monoisotopic (exact) mass is 330 g/mol. The number of benzene rings is 2. The summed E-state index contributed by atoms with van der Waals surface area (Å²) in [5, 5.41) is 5.62. The van der Waals surface area contributed by atoms with Gasteiger partial charge in [0.15, 0.2) is 0 Å². The minimum Gasteiger partial charge on any atom is -0.497 e.